The lowest BCUT2D eigenvalue weighted by Crippen LogP contribution is -2.45. The lowest BCUT2D eigenvalue weighted by atomic mass is 10.2. The minimum atomic E-state index is 0. The third-order valence-electron chi connectivity index (χ3n) is 5.61. The van der Waals surface area contributed by atoms with Gasteiger partial charge in [0.25, 0.3) is 0 Å². The van der Waals surface area contributed by atoms with Crippen molar-refractivity contribution in [2.24, 2.45) is 10.9 Å². The molecule has 2 aliphatic heterocycles. The third-order valence-corrected chi connectivity index (χ3v) is 5.61. The summed E-state index contributed by atoms with van der Waals surface area (Å²) in [6.45, 7) is 7.38. The summed E-state index contributed by atoms with van der Waals surface area (Å²) in [6.07, 6.45) is 7.67. The quantitative estimate of drug-likeness (QED) is 0.261. The van der Waals surface area contributed by atoms with E-state index >= 15 is 0 Å². The molecule has 2 N–H and O–H groups in total. The van der Waals surface area contributed by atoms with Crippen molar-refractivity contribution in [3.63, 3.8) is 0 Å². The van der Waals surface area contributed by atoms with Gasteiger partial charge in [-0.15, -0.1) is 34.2 Å². The molecule has 1 saturated heterocycles. The number of amides is 1. The van der Waals surface area contributed by atoms with Gasteiger partial charge in [-0.3, -0.25) is 9.79 Å². The summed E-state index contributed by atoms with van der Waals surface area (Å²) in [6, 6.07) is 0.265. The molecule has 0 bridgehead atoms. The number of hydrogen-bond acceptors (Lipinski definition) is 4. The molecule has 2 aliphatic rings. The number of nitrogens with one attached hydrogen (secondary N) is 2. The number of aromatic nitrogens is 3. The van der Waals surface area contributed by atoms with Gasteiger partial charge in [-0.25, -0.2) is 0 Å². The summed E-state index contributed by atoms with van der Waals surface area (Å²) < 4.78 is 2.32. The predicted octanol–water partition coefficient (Wildman–Crippen LogP) is 1.98. The molecule has 1 amide bonds. The van der Waals surface area contributed by atoms with Gasteiger partial charge >= 0.3 is 0 Å². The van der Waals surface area contributed by atoms with E-state index in [1.54, 1.807) is 7.05 Å². The number of rotatable bonds is 6. The van der Waals surface area contributed by atoms with Crippen LogP contribution in [0.3, 0.4) is 0 Å². The first-order chi connectivity index (χ1) is 13.6. The van der Waals surface area contributed by atoms with Gasteiger partial charge in [-0.2, -0.15) is 0 Å². The second kappa shape index (κ2) is 11.7. The maximum Gasteiger partial charge on any atom is 0.225 e. The first-order valence-electron chi connectivity index (χ1n) is 10.8. The first kappa shape index (κ1) is 23.9. The summed E-state index contributed by atoms with van der Waals surface area (Å²) in [7, 11) is 1.79. The zero-order chi connectivity index (χ0) is 19.9. The highest BCUT2D eigenvalue weighted by Gasteiger charge is 2.27. The summed E-state index contributed by atoms with van der Waals surface area (Å²) in [4.78, 5) is 18.4. The Morgan fingerprint density at radius 2 is 2.07 bits per heavy atom. The largest absolute Gasteiger partial charge is 0.356 e. The van der Waals surface area contributed by atoms with Gasteiger partial charge in [0.05, 0.1) is 0 Å². The molecule has 1 aromatic rings. The van der Waals surface area contributed by atoms with E-state index in [0.29, 0.717) is 0 Å². The molecule has 29 heavy (non-hydrogen) atoms. The Morgan fingerprint density at radius 1 is 1.24 bits per heavy atom. The number of carbonyl (C=O) groups excluding carboxylic acids is 1. The van der Waals surface area contributed by atoms with Gasteiger partial charge in [0, 0.05) is 58.0 Å². The maximum absolute atomic E-state index is 12.1. The Bertz CT molecular complexity index is 688. The van der Waals surface area contributed by atoms with Crippen LogP contribution >= 0.6 is 24.0 Å². The van der Waals surface area contributed by atoms with Crippen LogP contribution in [-0.2, 0) is 24.2 Å². The molecule has 1 atom stereocenters. The van der Waals surface area contributed by atoms with Crippen LogP contribution in [0, 0.1) is 5.92 Å². The Hall–Kier alpha value is -1.39. The molecule has 1 aromatic heterocycles. The molecule has 0 aromatic carbocycles. The van der Waals surface area contributed by atoms with E-state index in [-0.39, 0.29) is 41.8 Å². The van der Waals surface area contributed by atoms with Gasteiger partial charge in [-0.1, -0.05) is 20.3 Å². The highest BCUT2D eigenvalue weighted by molar-refractivity contribution is 14.0. The van der Waals surface area contributed by atoms with E-state index in [4.69, 9.17) is 0 Å². The lowest BCUT2D eigenvalue weighted by molar-refractivity contribution is -0.133. The summed E-state index contributed by atoms with van der Waals surface area (Å²) >= 11 is 0. The van der Waals surface area contributed by atoms with E-state index in [1.807, 2.05) is 18.7 Å². The molecule has 9 heteroatoms. The molecular formula is C20H36IN7O. The number of carbonyl (C=O) groups is 1. The van der Waals surface area contributed by atoms with Crippen LogP contribution in [-0.4, -0.2) is 64.3 Å². The van der Waals surface area contributed by atoms with Crippen molar-refractivity contribution in [2.75, 3.05) is 26.7 Å². The molecule has 1 unspecified atom stereocenters. The number of aryl methyl sites for hydroxylation is 2. The normalized spacial score (nSPS) is 19.5. The third kappa shape index (κ3) is 6.55. The van der Waals surface area contributed by atoms with Crippen molar-refractivity contribution >= 4 is 35.8 Å². The average Bonchev–Trinajstić information content (AvgIpc) is 3.23. The standard InChI is InChI=1S/C20H35N7O.HI/c1-15(2)19(28)26-13-10-16(14-26)23-20(21-3)22-11-7-9-18-25-24-17-8-5-4-6-12-27(17)18;/h15-16H,4-14H2,1-3H3,(H2,21,22,23);1H. The first-order valence-corrected chi connectivity index (χ1v) is 10.8. The number of likely N-dealkylation sites (tertiary alicyclic amines) is 1. The fourth-order valence-corrected chi connectivity index (χ4v) is 4.01. The summed E-state index contributed by atoms with van der Waals surface area (Å²) in [5.41, 5.74) is 0. The van der Waals surface area contributed by atoms with Crippen LogP contribution in [0.15, 0.2) is 4.99 Å². The van der Waals surface area contributed by atoms with Crippen molar-refractivity contribution in [2.45, 2.75) is 71.4 Å². The molecule has 1 fully saturated rings. The molecule has 0 saturated carbocycles. The lowest BCUT2D eigenvalue weighted by Gasteiger charge is -2.20. The fraction of sp³-hybridized carbons (Fsp3) is 0.800. The van der Waals surface area contributed by atoms with Crippen LogP contribution in [0.5, 0.6) is 0 Å². The van der Waals surface area contributed by atoms with E-state index in [9.17, 15) is 4.79 Å². The summed E-state index contributed by atoms with van der Waals surface area (Å²) in [5.74, 6) is 3.37. The van der Waals surface area contributed by atoms with Crippen LogP contribution in [0.25, 0.3) is 0 Å². The Labute approximate surface area is 191 Å². The van der Waals surface area contributed by atoms with E-state index in [2.05, 4.69) is 30.4 Å². The molecule has 3 heterocycles. The molecule has 0 spiro atoms. The van der Waals surface area contributed by atoms with Crippen molar-refractivity contribution in [1.29, 1.82) is 0 Å². The number of halogens is 1. The number of aliphatic imine (C=N–C) groups is 1. The van der Waals surface area contributed by atoms with Gasteiger partial charge < -0.3 is 20.1 Å². The van der Waals surface area contributed by atoms with Crippen LogP contribution in [0.2, 0.25) is 0 Å². The zero-order valence-electron chi connectivity index (χ0n) is 18.0. The topological polar surface area (TPSA) is 87.4 Å². The smallest absolute Gasteiger partial charge is 0.225 e. The zero-order valence-corrected chi connectivity index (χ0v) is 20.3. The van der Waals surface area contributed by atoms with Crippen molar-refractivity contribution in [3.05, 3.63) is 11.6 Å². The highest BCUT2D eigenvalue weighted by atomic mass is 127. The SMILES string of the molecule is CN=C(NCCCc1nnc2n1CCCCC2)NC1CCN(C(=O)C(C)C)C1.I. The Balaban J connectivity index is 0.00000300. The molecular weight excluding hydrogens is 481 g/mol. The van der Waals surface area contributed by atoms with Crippen molar-refractivity contribution in [3.8, 4) is 0 Å². The summed E-state index contributed by atoms with van der Waals surface area (Å²) in [5, 5.41) is 15.6. The molecule has 0 aliphatic carbocycles. The number of hydrogen-bond donors (Lipinski definition) is 2. The second-order valence-electron chi connectivity index (χ2n) is 8.17. The van der Waals surface area contributed by atoms with Gasteiger partial charge in [0.15, 0.2) is 5.96 Å². The maximum atomic E-state index is 12.1. The number of guanidine groups is 1. The fourth-order valence-electron chi connectivity index (χ4n) is 4.01. The second-order valence-corrected chi connectivity index (χ2v) is 8.17. The van der Waals surface area contributed by atoms with Crippen LogP contribution in [0.1, 0.15) is 57.6 Å². The average molecular weight is 517 g/mol. The van der Waals surface area contributed by atoms with Gasteiger partial charge in [-0.05, 0) is 25.7 Å². The van der Waals surface area contributed by atoms with Crippen molar-refractivity contribution < 1.29 is 4.79 Å². The minimum Gasteiger partial charge on any atom is -0.356 e. The Morgan fingerprint density at radius 3 is 2.83 bits per heavy atom. The predicted molar refractivity (Wildman–Crippen MR) is 126 cm³/mol. The van der Waals surface area contributed by atoms with Crippen molar-refractivity contribution in [1.82, 2.24) is 30.3 Å². The van der Waals surface area contributed by atoms with Gasteiger partial charge in [0.2, 0.25) is 5.91 Å². The van der Waals surface area contributed by atoms with E-state index < -0.39 is 0 Å². The van der Waals surface area contributed by atoms with Crippen LogP contribution in [0.4, 0.5) is 0 Å². The number of nitrogens with zero attached hydrogens (tertiary/aromatic N) is 5. The Kier molecular flexibility index (Phi) is 9.64. The number of fused-ring (bicyclic) bond motifs is 1. The molecule has 3 rings (SSSR count). The molecule has 164 valence electrons. The van der Waals surface area contributed by atoms with E-state index in [0.717, 1.165) is 69.5 Å². The van der Waals surface area contributed by atoms with Crippen LogP contribution < -0.4 is 10.6 Å². The van der Waals surface area contributed by atoms with Gasteiger partial charge in [0.1, 0.15) is 11.6 Å². The van der Waals surface area contributed by atoms with E-state index in [1.165, 1.54) is 19.3 Å². The highest BCUT2D eigenvalue weighted by Crippen LogP contribution is 2.15. The molecule has 8 nitrogen and oxygen atoms in total. The minimum absolute atomic E-state index is 0. The molecule has 0 radical (unpaired) electrons. The monoisotopic (exact) mass is 517 g/mol.